The topological polar surface area (TPSA) is 221 Å². The Morgan fingerprint density at radius 1 is 1.21 bits per heavy atom. The van der Waals surface area contributed by atoms with Gasteiger partial charge in [0, 0.05) is 13.0 Å². The Hall–Kier alpha value is -3.07. The number of aliphatic hydroxyl groups excluding tert-OH is 1. The number of aliphatic carboxylic acids is 2. The van der Waals surface area contributed by atoms with Gasteiger partial charge in [0.1, 0.15) is 18.6 Å². The van der Waals surface area contributed by atoms with Gasteiger partial charge in [-0.15, -0.1) is 0 Å². The van der Waals surface area contributed by atoms with Gasteiger partial charge in [-0.25, -0.2) is 0 Å². The first-order chi connectivity index (χ1) is 15.5. The van der Waals surface area contributed by atoms with Gasteiger partial charge in [-0.1, -0.05) is 6.07 Å². The van der Waals surface area contributed by atoms with Crippen LogP contribution in [-0.2, 0) is 19.2 Å². The Morgan fingerprint density at radius 3 is 2.52 bits per heavy atom. The number of benzene rings is 1. The van der Waals surface area contributed by atoms with Crippen LogP contribution in [0, 0.1) is 0 Å². The average Bonchev–Trinajstić information content (AvgIpc) is 2.76. The number of carboxylic acid groups (broad SMARTS) is 2. The monoisotopic (exact) mass is 488 g/mol. The molecule has 0 bridgehead atoms. The Bertz CT molecular complexity index is 839. The second kappa shape index (κ2) is 14.2. The molecule has 0 saturated carbocycles. The number of carbonyl (C=O) groups is 4. The summed E-state index contributed by atoms with van der Waals surface area (Å²) >= 11 is 0.697. The van der Waals surface area contributed by atoms with E-state index in [1.807, 2.05) is 0 Å². The van der Waals surface area contributed by atoms with Crippen molar-refractivity contribution in [3.63, 3.8) is 0 Å². The summed E-state index contributed by atoms with van der Waals surface area (Å²) in [4.78, 5) is 45.9. The maximum absolute atomic E-state index is 12.3. The number of hydrogen-bond acceptors (Lipinski definition) is 10. The number of carbonyl (C=O) groups excluding carboxylic acids is 2. The van der Waals surface area contributed by atoms with Crippen LogP contribution in [0.1, 0.15) is 24.5 Å². The number of nitrogens with two attached hydrogens (primary N) is 1. The molecule has 3 unspecified atom stereocenters. The van der Waals surface area contributed by atoms with Crippen molar-refractivity contribution in [2.75, 3.05) is 25.9 Å². The van der Waals surface area contributed by atoms with Gasteiger partial charge in [0.05, 0.1) is 23.9 Å². The molecular weight excluding hydrogens is 460 g/mol. The lowest BCUT2D eigenvalue weighted by molar-refractivity contribution is -0.139. The Morgan fingerprint density at radius 2 is 1.91 bits per heavy atom. The molecule has 33 heavy (non-hydrogen) atoms. The van der Waals surface area contributed by atoms with E-state index < -0.39 is 48.5 Å². The quantitative estimate of drug-likeness (QED) is 0.133. The molecule has 14 heteroatoms. The molecule has 3 atom stereocenters. The Labute approximate surface area is 193 Å². The highest BCUT2D eigenvalue weighted by atomic mass is 32.2. The van der Waals surface area contributed by atoms with Crippen molar-refractivity contribution in [1.82, 2.24) is 16.0 Å². The van der Waals surface area contributed by atoms with Crippen LogP contribution in [0.4, 0.5) is 0 Å². The van der Waals surface area contributed by atoms with Crippen molar-refractivity contribution in [2.24, 2.45) is 5.73 Å². The smallest absolute Gasteiger partial charge is 0.322 e. The van der Waals surface area contributed by atoms with Gasteiger partial charge in [-0.05, 0) is 31.2 Å². The highest BCUT2D eigenvalue weighted by Gasteiger charge is 2.23. The van der Waals surface area contributed by atoms with E-state index in [4.69, 9.17) is 20.1 Å². The maximum Gasteiger partial charge on any atom is 0.322 e. The van der Waals surface area contributed by atoms with E-state index in [-0.39, 0.29) is 36.6 Å². The molecule has 1 aromatic rings. The fourth-order valence-electron chi connectivity index (χ4n) is 2.43. The zero-order valence-electron chi connectivity index (χ0n) is 17.8. The SMILES string of the molecule is CNCC(O)c1ccc(O)c(OSCC(NC(=O)CCC(N)C(=O)O)C(=O)NCC(=O)O)c1. The second-order valence-electron chi connectivity index (χ2n) is 6.88. The summed E-state index contributed by atoms with van der Waals surface area (Å²) in [6, 6.07) is 1.79. The highest BCUT2D eigenvalue weighted by molar-refractivity contribution is 7.95. The van der Waals surface area contributed by atoms with Crippen molar-refractivity contribution in [1.29, 1.82) is 0 Å². The summed E-state index contributed by atoms with van der Waals surface area (Å²) in [5.74, 6) is -4.41. The zero-order chi connectivity index (χ0) is 25.0. The number of rotatable bonds is 15. The van der Waals surface area contributed by atoms with Crippen LogP contribution in [0.15, 0.2) is 18.2 Å². The summed E-state index contributed by atoms with van der Waals surface area (Å²) in [7, 11) is 1.66. The van der Waals surface area contributed by atoms with Gasteiger partial charge in [0.25, 0.3) is 0 Å². The van der Waals surface area contributed by atoms with E-state index in [2.05, 4.69) is 16.0 Å². The minimum absolute atomic E-state index is 0.0103. The number of likely N-dealkylation sites (N-methyl/N-ethyl adjacent to an activating group) is 1. The summed E-state index contributed by atoms with van der Waals surface area (Å²) in [6.45, 7) is -0.409. The molecule has 184 valence electrons. The molecule has 0 aliphatic heterocycles. The predicted molar refractivity (Wildman–Crippen MR) is 118 cm³/mol. The number of amides is 2. The summed E-state index contributed by atoms with van der Waals surface area (Å²) < 4.78 is 5.41. The Balaban J connectivity index is 2.78. The third kappa shape index (κ3) is 10.4. The zero-order valence-corrected chi connectivity index (χ0v) is 18.6. The van der Waals surface area contributed by atoms with Crippen LogP contribution < -0.4 is 25.9 Å². The number of aliphatic hydroxyl groups is 1. The van der Waals surface area contributed by atoms with Crippen molar-refractivity contribution in [2.45, 2.75) is 31.0 Å². The molecular formula is C19H28N4O9S. The molecule has 0 aliphatic rings. The minimum atomic E-state index is -1.29. The number of hydrogen-bond donors (Lipinski definition) is 8. The first kappa shape index (κ1) is 28.0. The molecule has 0 aromatic heterocycles. The maximum atomic E-state index is 12.3. The van der Waals surface area contributed by atoms with Gasteiger partial charge in [0.15, 0.2) is 11.5 Å². The largest absolute Gasteiger partial charge is 0.504 e. The van der Waals surface area contributed by atoms with E-state index in [1.165, 1.54) is 18.2 Å². The van der Waals surface area contributed by atoms with Crippen molar-refractivity contribution < 1.29 is 43.8 Å². The van der Waals surface area contributed by atoms with E-state index in [0.29, 0.717) is 17.6 Å². The first-order valence-corrected chi connectivity index (χ1v) is 10.7. The standard InChI is InChI=1S/C19H28N4O9S/c1-21-7-14(25)10-2-4-13(24)15(6-10)32-33-9-12(18(29)22-8-17(27)28)23-16(26)5-3-11(20)19(30)31/h2,4,6,11-12,14,21,24-25H,3,5,7-9,20H2,1H3,(H,22,29)(H,23,26)(H,27,28)(H,30,31). The molecule has 1 aromatic carbocycles. The third-order valence-electron chi connectivity index (χ3n) is 4.21. The van der Waals surface area contributed by atoms with Gasteiger partial charge in [-0.2, -0.15) is 0 Å². The van der Waals surface area contributed by atoms with Crippen molar-refractivity contribution in [3.05, 3.63) is 23.8 Å². The number of aromatic hydroxyl groups is 1. The van der Waals surface area contributed by atoms with Crippen LogP contribution in [0.5, 0.6) is 11.5 Å². The lowest BCUT2D eigenvalue weighted by Crippen LogP contribution is -2.49. The second-order valence-corrected chi connectivity index (χ2v) is 7.62. The molecule has 0 spiro atoms. The fourth-order valence-corrected chi connectivity index (χ4v) is 3.13. The lowest BCUT2D eigenvalue weighted by atomic mass is 10.1. The third-order valence-corrected chi connectivity index (χ3v) is 4.98. The molecule has 13 nitrogen and oxygen atoms in total. The predicted octanol–water partition coefficient (Wildman–Crippen LogP) is -1.45. The average molecular weight is 489 g/mol. The van der Waals surface area contributed by atoms with Crippen LogP contribution >= 0.6 is 12.0 Å². The van der Waals surface area contributed by atoms with Crippen LogP contribution in [0.2, 0.25) is 0 Å². The summed E-state index contributed by atoms with van der Waals surface area (Å²) in [6.07, 6.45) is -1.29. The van der Waals surface area contributed by atoms with Crippen molar-refractivity contribution >= 4 is 35.8 Å². The summed E-state index contributed by atoms with van der Waals surface area (Å²) in [5.41, 5.74) is 5.82. The van der Waals surface area contributed by atoms with E-state index in [9.17, 15) is 29.4 Å². The van der Waals surface area contributed by atoms with Gasteiger partial charge in [-0.3, -0.25) is 19.2 Å². The fraction of sp³-hybridized carbons (Fsp3) is 0.474. The van der Waals surface area contributed by atoms with Crippen LogP contribution in [0.3, 0.4) is 0 Å². The molecule has 0 fully saturated rings. The Kier molecular flexibility index (Phi) is 12.0. The van der Waals surface area contributed by atoms with Gasteiger partial charge >= 0.3 is 11.9 Å². The normalized spacial score (nSPS) is 13.4. The number of phenols is 1. The first-order valence-electron chi connectivity index (χ1n) is 9.77. The highest BCUT2D eigenvalue weighted by Crippen LogP contribution is 2.31. The molecule has 1 rings (SSSR count). The lowest BCUT2D eigenvalue weighted by Gasteiger charge is -2.18. The van der Waals surface area contributed by atoms with Crippen LogP contribution in [0.25, 0.3) is 0 Å². The van der Waals surface area contributed by atoms with E-state index in [1.54, 1.807) is 7.05 Å². The number of phenolic OH excluding ortho intramolecular Hbond substituents is 1. The molecule has 0 radical (unpaired) electrons. The number of nitrogens with one attached hydrogen (secondary N) is 3. The van der Waals surface area contributed by atoms with E-state index in [0.717, 1.165) is 0 Å². The molecule has 2 amide bonds. The van der Waals surface area contributed by atoms with Gasteiger partial charge < -0.3 is 46.3 Å². The van der Waals surface area contributed by atoms with Gasteiger partial charge in [0.2, 0.25) is 11.8 Å². The number of carboxylic acids is 2. The van der Waals surface area contributed by atoms with E-state index >= 15 is 0 Å². The molecule has 0 heterocycles. The molecule has 0 aliphatic carbocycles. The molecule has 0 saturated heterocycles. The van der Waals surface area contributed by atoms with Crippen LogP contribution in [-0.4, -0.2) is 82.2 Å². The molecule has 9 N–H and O–H groups in total. The van der Waals surface area contributed by atoms with Crippen molar-refractivity contribution in [3.8, 4) is 11.5 Å². The summed E-state index contributed by atoms with van der Waals surface area (Å²) in [5, 5.41) is 44.9. The minimum Gasteiger partial charge on any atom is -0.504 e.